The highest BCUT2D eigenvalue weighted by Gasteiger charge is 2.24. The van der Waals surface area contributed by atoms with Gasteiger partial charge in [-0.3, -0.25) is 0 Å². The van der Waals surface area contributed by atoms with Gasteiger partial charge < -0.3 is 19.7 Å². The zero-order valence-corrected chi connectivity index (χ0v) is 15.2. The molecule has 1 aromatic rings. The van der Waals surface area contributed by atoms with Gasteiger partial charge in [0.25, 0.3) is 0 Å². The number of ether oxygens (including phenoxy) is 2. The van der Waals surface area contributed by atoms with E-state index in [4.69, 9.17) is 9.47 Å². The molecule has 132 valence electrons. The Morgan fingerprint density at radius 2 is 2.08 bits per heavy atom. The summed E-state index contributed by atoms with van der Waals surface area (Å²) in [4.78, 5) is 14.4. The van der Waals surface area contributed by atoms with Crippen LogP contribution in [0.15, 0.2) is 18.2 Å². The van der Waals surface area contributed by atoms with Crippen LogP contribution in [0.25, 0.3) is 0 Å². The number of nitrogens with one attached hydrogen (secondary N) is 1. The normalized spacial score (nSPS) is 20.1. The van der Waals surface area contributed by atoms with Crippen LogP contribution < -0.4 is 14.8 Å². The van der Waals surface area contributed by atoms with E-state index in [1.807, 2.05) is 22.7 Å². The van der Waals surface area contributed by atoms with Gasteiger partial charge in [-0.1, -0.05) is 19.9 Å². The van der Waals surface area contributed by atoms with Gasteiger partial charge in [0.05, 0.1) is 0 Å². The zero-order valence-electron chi connectivity index (χ0n) is 14.4. The van der Waals surface area contributed by atoms with Crippen LogP contribution in [0.2, 0.25) is 0 Å². The summed E-state index contributed by atoms with van der Waals surface area (Å²) in [6.45, 7) is 6.13. The predicted octanol–water partition coefficient (Wildman–Crippen LogP) is 3.79. The van der Waals surface area contributed by atoms with Gasteiger partial charge in [-0.05, 0) is 37.0 Å². The third kappa shape index (κ3) is 3.91. The highest BCUT2D eigenvalue weighted by Crippen LogP contribution is 2.40. The lowest BCUT2D eigenvalue weighted by atomic mass is 10.1. The summed E-state index contributed by atoms with van der Waals surface area (Å²) in [6.07, 6.45) is 2.91. The van der Waals surface area contributed by atoms with E-state index in [0.717, 1.165) is 49.6 Å². The Morgan fingerprint density at radius 3 is 2.88 bits per heavy atom. The van der Waals surface area contributed by atoms with Gasteiger partial charge in [0, 0.05) is 30.1 Å². The average Bonchev–Trinajstić information content (AvgIpc) is 2.93. The summed E-state index contributed by atoms with van der Waals surface area (Å²) in [5.41, 5.74) is 1.26. The van der Waals surface area contributed by atoms with Crippen LogP contribution in [0.1, 0.15) is 43.9 Å². The molecule has 5 nitrogen and oxygen atoms in total. The number of carbonyl (C=O) groups is 1. The van der Waals surface area contributed by atoms with Crippen LogP contribution >= 0.6 is 11.8 Å². The van der Waals surface area contributed by atoms with Gasteiger partial charge in [-0.25, -0.2) is 4.79 Å². The molecule has 1 atom stereocenters. The second kappa shape index (κ2) is 8.01. The number of amides is 2. The highest BCUT2D eigenvalue weighted by molar-refractivity contribution is 7.99. The maximum Gasteiger partial charge on any atom is 0.317 e. The number of hydrogen-bond donors (Lipinski definition) is 1. The number of thioether (sulfide) groups is 1. The fourth-order valence-electron chi connectivity index (χ4n) is 3.11. The molecular formula is C18H26N2O3S. The lowest BCUT2D eigenvalue weighted by Gasteiger charge is -2.24. The summed E-state index contributed by atoms with van der Waals surface area (Å²) < 4.78 is 10.9. The molecule has 0 spiro atoms. The zero-order chi connectivity index (χ0) is 16.9. The highest BCUT2D eigenvalue weighted by atomic mass is 32.2. The van der Waals surface area contributed by atoms with Crippen LogP contribution in [-0.2, 0) is 0 Å². The molecule has 0 bridgehead atoms. The third-order valence-corrected chi connectivity index (χ3v) is 6.04. The molecule has 0 aliphatic carbocycles. The number of rotatable bonds is 4. The summed E-state index contributed by atoms with van der Waals surface area (Å²) in [5.74, 6) is 2.61. The second-order valence-electron chi connectivity index (χ2n) is 6.21. The van der Waals surface area contributed by atoms with Crippen molar-refractivity contribution in [3.05, 3.63) is 23.8 Å². The first-order valence-corrected chi connectivity index (χ1v) is 9.82. The number of fused-ring (bicyclic) bond motifs is 1. The monoisotopic (exact) mass is 350 g/mol. The van der Waals surface area contributed by atoms with E-state index in [1.54, 1.807) is 0 Å². The smallest absolute Gasteiger partial charge is 0.317 e. The van der Waals surface area contributed by atoms with Crippen molar-refractivity contribution >= 4 is 17.8 Å². The molecule has 0 saturated carbocycles. The maximum absolute atomic E-state index is 12.4. The molecule has 2 aliphatic rings. The van der Waals surface area contributed by atoms with Gasteiger partial charge in [0.15, 0.2) is 11.5 Å². The van der Waals surface area contributed by atoms with E-state index in [9.17, 15) is 4.79 Å². The summed E-state index contributed by atoms with van der Waals surface area (Å²) in [6, 6.07) is 6.54. The SMILES string of the molecule is CCC(CC)NC(=O)N1CCSC(c2ccc3c(c2)OCO3)CC1. The molecule has 3 rings (SSSR count). The topological polar surface area (TPSA) is 50.8 Å². The molecular weight excluding hydrogens is 324 g/mol. The van der Waals surface area contributed by atoms with Gasteiger partial charge in [-0.15, -0.1) is 0 Å². The fraction of sp³-hybridized carbons (Fsp3) is 0.611. The number of nitrogens with zero attached hydrogens (tertiary/aromatic N) is 1. The Balaban J connectivity index is 1.60. The molecule has 6 heteroatoms. The minimum atomic E-state index is 0.0793. The molecule has 2 aliphatic heterocycles. The van der Waals surface area contributed by atoms with Crippen molar-refractivity contribution in [2.24, 2.45) is 0 Å². The number of carbonyl (C=O) groups excluding carboxylic acids is 1. The van der Waals surface area contributed by atoms with Crippen molar-refractivity contribution in [3.63, 3.8) is 0 Å². The Kier molecular flexibility index (Phi) is 5.76. The molecule has 1 fully saturated rings. The van der Waals surface area contributed by atoms with Gasteiger partial charge in [0.2, 0.25) is 6.79 Å². The minimum absolute atomic E-state index is 0.0793. The van der Waals surface area contributed by atoms with E-state index >= 15 is 0 Å². The first kappa shape index (κ1) is 17.3. The maximum atomic E-state index is 12.4. The van der Waals surface area contributed by atoms with Crippen LogP contribution in [0, 0.1) is 0 Å². The summed E-state index contributed by atoms with van der Waals surface area (Å²) in [7, 11) is 0. The van der Waals surface area contributed by atoms with E-state index < -0.39 is 0 Å². The fourth-order valence-corrected chi connectivity index (χ4v) is 4.33. The minimum Gasteiger partial charge on any atom is -0.454 e. The van der Waals surface area contributed by atoms with Crippen LogP contribution in [0.3, 0.4) is 0 Å². The molecule has 2 heterocycles. The van der Waals surface area contributed by atoms with Crippen molar-refractivity contribution in [2.75, 3.05) is 25.6 Å². The standard InChI is InChI=1S/C18H26N2O3S/c1-3-14(4-2)19-18(21)20-8-7-17(24-10-9-20)13-5-6-15-16(11-13)23-12-22-15/h5-6,11,14,17H,3-4,7-10,12H2,1-2H3,(H,19,21). The Hall–Kier alpha value is -1.56. The van der Waals surface area contributed by atoms with Crippen molar-refractivity contribution in [3.8, 4) is 11.5 Å². The third-order valence-electron chi connectivity index (χ3n) is 4.71. The summed E-state index contributed by atoms with van der Waals surface area (Å²) >= 11 is 1.92. The van der Waals surface area contributed by atoms with Crippen molar-refractivity contribution in [2.45, 2.75) is 44.4 Å². The van der Waals surface area contributed by atoms with Crippen molar-refractivity contribution in [1.29, 1.82) is 0 Å². The van der Waals surface area contributed by atoms with Gasteiger partial charge in [0.1, 0.15) is 0 Å². The first-order chi connectivity index (χ1) is 11.7. The van der Waals surface area contributed by atoms with Crippen LogP contribution in [-0.4, -0.2) is 42.6 Å². The van der Waals surface area contributed by atoms with E-state index in [2.05, 4.69) is 31.3 Å². The van der Waals surface area contributed by atoms with Gasteiger partial charge in [-0.2, -0.15) is 11.8 Å². The molecule has 0 radical (unpaired) electrons. The van der Waals surface area contributed by atoms with E-state index in [0.29, 0.717) is 12.0 Å². The Labute approximate surface area is 148 Å². The summed E-state index contributed by atoms with van der Waals surface area (Å²) in [5, 5.41) is 3.54. The van der Waals surface area contributed by atoms with Crippen molar-refractivity contribution in [1.82, 2.24) is 10.2 Å². The molecule has 24 heavy (non-hydrogen) atoms. The Morgan fingerprint density at radius 1 is 1.29 bits per heavy atom. The van der Waals surface area contributed by atoms with E-state index in [1.165, 1.54) is 5.56 Å². The van der Waals surface area contributed by atoms with Crippen molar-refractivity contribution < 1.29 is 14.3 Å². The number of hydrogen-bond acceptors (Lipinski definition) is 4. The van der Waals surface area contributed by atoms with Crippen LogP contribution in [0.5, 0.6) is 11.5 Å². The number of urea groups is 1. The molecule has 1 saturated heterocycles. The lowest BCUT2D eigenvalue weighted by molar-refractivity contribution is 0.174. The van der Waals surface area contributed by atoms with Gasteiger partial charge >= 0.3 is 6.03 Å². The van der Waals surface area contributed by atoms with E-state index in [-0.39, 0.29) is 12.1 Å². The van der Waals surface area contributed by atoms with Crippen LogP contribution in [0.4, 0.5) is 4.79 Å². The lowest BCUT2D eigenvalue weighted by Crippen LogP contribution is -2.45. The predicted molar refractivity (Wildman–Crippen MR) is 96.9 cm³/mol. The average molecular weight is 350 g/mol. The first-order valence-electron chi connectivity index (χ1n) is 8.77. The molecule has 0 aromatic heterocycles. The number of benzene rings is 1. The quantitative estimate of drug-likeness (QED) is 0.897. The molecule has 1 aromatic carbocycles. The molecule has 1 N–H and O–H groups in total. The largest absolute Gasteiger partial charge is 0.454 e. The molecule has 2 amide bonds. The Bertz CT molecular complexity index is 577. The second-order valence-corrected chi connectivity index (χ2v) is 7.52. The molecule has 1 unspecified atom stereocenters.